The maximum absolute atomic E-state index is 5.62. The number of benzene rings is 1. The second-order valence-corrected chi connectivity index (χ2v) is 4.02. The van der Waals surface area contributed by atoms with Crippen LogP contribution in [0, 0.1) is 0 Å². The molecule has 0 bridgehead atoms. The van der Waals surface area contributed by atoms with Gasteiger partial charge in [-0.2, -0.15) is 0 Å². The van der Waals surface area contributed by atoms with Crippen LogP contribution in [0.4, 0.5) is 0 Å². The van der Waals surface area contributed by atoms with Crippen LogP contribution in [0.15, 0.2) is 18.2 Å². The van der Waals surface area contributed by atoms with Crippen molar-refractivity contribution in [2.24, 2.45) is 5.73 Å². The molecule has 2 nitrogen and oxygen atoms in total. The van der Waals surface area contributed by atoms with Gasteiger partial charge in [0.1, 0.15) is 5.75 Å². The zero-order valence-electron chi connectivity index (χ0n) is 10.5. The number of rotatable bonds is 7. The highest BCUT2D eigenvalue weighted by molar-refractivity contribution is 5.37. The first kappa shape index (κ1) is 13.0. The lowest BCUT2D eigenvalue weighted by molar-refractivity contribution is 0.336. The van der Waals surface area contributed by atoms with Gasteiger partial charge in [0.2, 0.25) is 0 Å². The molecule has 2 N–H and O–H groups in total. The lowest BCUT2D eigenvalue weighted by Gasteiger charge is -2.11. The highest BCUT2D eigenvalue weighted by Crippen LogP contribution is 2.22. The van der Waals surface area contributed by atoms with Crippen LogP contribution in [0.25, 0.3) is 0 Å². The van der Waals surface area contributed by atoms with E-state index in [0.29, 0.717) is 0 Å². The molecule has 90 valence electrons. The number of ether oxygens (including phenoxy) is 1. The zero-order valence-corrected chi connectivity index (χ0v) is 10.5. The minimum Gasteiger partial charge on any atom is -0.494 e. The zero-order chi connectivity index (χ0) is 11.8. The average Bonchev–Trinajstić information content (AvgIpc) is 2.30. The lowest BCUT2D eigenvalue weighted by Crippen LogP contribution is -2.02. The third-order valence-corrected chi connectivity index (χ3v) is 2.61. The Morgan fingerprint density at radius 3 is 2.62 bits per heavy atom. The van der Waals surface area contributed by atoms with Gasteiger partial charge in [0.05, 0.1) is 6.61 Å². The van der Waals surface area contributed by atoms with E-state index < -0.39 is 0 Å². The van der Waals surface area contributed by atoms with Crippen LogP contribution in [-0.4, -0.2) is 13.2 Å². The average molecular weight is 221 g/mol. The summed E-state index contributed by atoms with van der Waals surface area (Å²) in [5, 5.41) is 0. The van der Waals surface area contributed by atoms with Crippen LogP contribution in [0.3, 0.4) is 0 Å². The number of aryl methyl sites for hydroxylation is 2. The van der Waals surface area contributed by atoms with Crippen molar-refractivity contribution in [3.8, 4) is 5.75 Å². The van der Waals surface area contributed by atoms with Crippen LogP contribution in [0.5, 0.6) is 5.75 Å². The summed E-state index contributed by atoms with van der Waals surface area (Å²) in [6.45, 7) is 5.72. The number of nitrogens with two attached hydrogens (primary N) is 1. The summed E-state index contributed by atoms with van der Waals surface area (Å²) in [6.07, 6.45) is 4.37. The maximum atomic E-state index is 5.62. The normalized spacial score (nSPS) is 10.4. The van der Waals surface area contributed by atoms with Gasteiger partial charge in [-0.1, -0.05) is 25.5 Å². The summed E-state index contributed by atoms with van der Waals surface area (Å²) in [5.41, 5.74) is 8.23. The predicted molar refractivity (Wildman–Crippen MR) is 69.0 cm³/mol. The molecule has 0 unspecified atom stereocenters. The lowest BCUT2D eigenvalue weighted by atomic mass is 10.0. The molecule has 0 aliphatic rings. The standard InChI is InChI=1S/C14H23NO/c1-3-6-13-11-12(7-5-10-15)8-9-14(13)16-4-2/h8-9,11H,3-7,10,15H2,1-2H3. The molecule has 0 saturated heterocycles. The van der Waals surface area contributed by atoms with Crippen molar-refractivity contribution in [3.05, 3.63) is 29.3 Å². The second kappa shape index (κ2) is 7.29. The van der Waals surface area contributed by atoms with E-state index in [1.165, 1.54) is 11.1 Å². The molecular weight excluding hydrogens is 198 g/mol. The summed E-state index contributed by atoms with van der Waals surface area (Å²) in [5.74, 6) is 1.04. The van der Waals surface area contributed by atoms with Crippen LogP contribution in [0.2, 0.25) is 0 Å². The molecule has 0 aromatic heterocycles. The van der Waals surface area contributed by atoms with Crippen LogP contribution >= 0.6 is 0 Å². The van der Waals surface area contributed by atoms with E-state index in [4.69, 9.17) is 10.5 Å². The Kier molecular flexibility index (Phi) is 5.94. The topological polar surface area (TPSA) is 35.2 Å². The molecule has 0 amide bonds. The fourth-order valence-electron chi connectivity index (χ4n) is 1.86. The van der Waals surface area contributed by atoms with Gasteiger partial charge in [-0.25, -0.2) is 0 Å². The molecule has 1 aromatic rings. The van der Waals surface area contributed by atoms with Gasteiger partial charge in [-0.05, 0) is 49.9 Å². The van der Waals surface area contributed by atoms with Crippen molar-refractivity contribution in [1.82, 2.24) is 0 Å². The first-order valence-electron chi connectivity index (χ1n) is 6.26. The fraction of sp³-hybridized carbons (Fsp3) is 0.571. The third-order valence-electron chi connectivity index (χ3n) is 2.61. The van der Waals surface area contributed by atoms with Crippen molar-refractivity contribution in [3.63, 3.8) is 0 Å². The highest BCUT2D eigenvalue weighted by Gasteiger charge is 2.04. The molecule has 0 aliphatic heterocycles. The van der Waals surface area contributed by atoms with Crippen LogP contribution < -0.4 is 10.5 Å². The Morgan fingerprint density at radius 2 is 2.00 bits per heavy atom. The van der Waals surface area contributed by atoms with E-state index in [0.717, 1.165) is 44.6 Å². The van der Waals surface area contributed by atoms with Gasteiger partial charge in [0, 0.05) is 0 Å². The molecule has 0 fully saturated rings. The summed E-state index contributed by atoms with van der Waals surface area (Å²) in [4.78, 5) is 0. The van der Waals surface area contributed by atoms with E-state index in [2.05, 4.69) is 25.1 Å². The molecule has 0 radical (unpaired) electrons. The second-order valence-electron chi connectivity index (χ2n) is 4.02. The highest BCUT2D eigenvalue weighted by atomic mass is 16.5. The van der Waals surface area contributed by atoms with Crippen molar-refractivity contribution >= 4 is 0 Å². The Bertz CT molecular complexity index is 310. The predicted octanol–water partition coefficient (Wildman–Crippen LogP) is 2.93. The van der Waals surface area contributed by atoms with Gasteiger partial charge < -0.3 is 10.5 Å². The number of hydrogen-bond acceptors (Lipinski definition) is 2. The van der Waals surface area contributed by atoms with Gasteiger partial charge >= 0.3 is 0 Å². The van der Waals surface area contributed by atoms with Gasteiger partial charge in [0.25, 0.3) is 0 Å². The third kappa shape index (κ3) is 3.86. The Balaban J connectivity index is 2.79. The van der Waals surface area contributed by atoms with Crippen molar-refractivity contribution in [1.29, 1.82) is 0 Å². The Morgan fingerprint density at radius 1 is 1.19 bits per heavy atom. The maximum Gasteiger partial charge on any atom is 0.122 e. The smallest absolute Gasteiger partial charge is 0.122 e. The summed E-state index contributed by atoms with van der Waals surface area (Å²) in [7, 11) is 0. The quantitative estimate of drug-likeness (QED) is 0.768. The van der Waals surface area contributed by atoms with E-state index in [9.17, 15) is 0 Å². The van der Waals surface area contributed by atoms with Gasteiger partial charge in [0.15, 0.2) is 0 Å². The van der Waals surface area contributed by atoms with Gasteiger partial charge in [-0.3, -0.25) is 0 Å². The molecular formula is C14H23NO. The Hall–Kier alpha value is -1.02. The molecule has 0 heterocycles. The molecule has 0 aliphatic carbocycles. The minimum absolute atomic E-state index is 0.735. The first-order valence-corrected chi connectivity index (χ1v) is 6.26. The summed E-state index contributed by atoms with van der Waals surface area (Å²) >= 11 is 0. The van der Waals surface area contributed by atoms with E-state index in [1.807, 2.05) is 6.92 Å². The molecule has 2 heteroatoms. The van der Waals surface area contributed by atoms with E-state index >= 15 is 0 Å². The number of hydrogen-bond donors (Lipinski definition) is 1. The largest absolute Gasteiger partial charge is 0.494 e. The van der Waals surface area contributed by atoms with Crippen molar-refractivity contribution in [2.75, 3.05) is 13.2 Å². The van der Waals surface area contributed by atoms with Crippen molar-refractivity contribution < 1.29 is 4.74 Å². The molecule has 1 aromatic carbocycles. The molecule has 16 heavy (non-hydrogen) atoms. The molecule has 0 spiro atoms. The SMILES string of the molecule is CCCc1cc(CCCN)ccc1OCC. The summed E-state index contributed by atoms with van der Waals surface area (Å²) < 4.78 is 5.62. The van der Waals surface area contributed by atoms with Crippen LogP contribution in [0.1, 0.15) is 37.8 Å². The molecule has 0 atom stereocenters. The monoisotopic (exact) mass is 221 g/mol. The fourth-order valence-corrected chi connectivity index (χ4v) is 1.86. The first-order chi connectivity index (χ1) is 7.81. The summed E-state index contributed by atoms with van der Waals surface area (Å²) in [6, 6.07) is 6.52. The molecule has 0 saturated carbocycles. The van der Waals surface area contributed by atoms with Gasteiger partial charge in [-0.15, -0.1) is 0 Å². The molecule has 1 rings (SSSR count). The minimum atomic E-state index is 0.735. The van der Waals surface area contributed by atoms with E-state index in [-0.39, 0.29) is 0 Å². The Labute approximate surface area is 98.8 Å². The van der Waals surface area contributed by atoms with E-state index in [1.54, 1.807) is 0 Å². The van der Waals surface area contributed by atoms with Crippen molar-refractivity contribution in [2.45, 2.75) is 39.5 Å². The van der Waals surface area contributed by atoms with Crippen LogP contribution in [-0.2, 0) is 12.8 Å².